The number of amides is 1. The first kappa shape index (κ1) is 18.0. The van der Waals surface area contributed by atoms with Gasteiger partial charge in [0.05, 0.1) is 15.5 Å². The van der Waals surface area contributed by atoms with Crippen molar-refractivity contribution in [1.82, 2.24) is 14.8 Å². The number of hydrogen-bond donors (Lipinski definition) is 1. The molecule has 0 saturated carbocycles. The first-order chi connectivity index (χ1) is 14.2. The van der Waals surface area contributed by atoms with Crippen LogP contribution in [0.3, 0.4) is 0 Å². The SMILES string of the molecule is N=C1S/C(=C/c2cn(-c3ccccc3)nc2-c2cccs2)C(=O)N1c1nccs1. The molecule has 5 rings (SSSR count). The van der Waals surface area contributed by atoms with E-state index in [4.69, 9.17) is 10.5 Å². The van der Waals surface area contributed by atoms with Gasteiger partial charge in [-0.3, -0.25) is 10.2 Å². The van der Waals surface area contributed by atoms with Gasteiger partial charge in [-0.05, 0) is 41.4 Å². The Bertz CT molecular complexity index is 1210. The van der Waals surface area contributed by atoms with Crippen molar-refractivity contribution in [2.24, 2.45) is 0 Å². The van der Waals surface area contributed by atoms with Crippen LogP contribution < -0.4 is 4.90 Å². The third-order valence-corrected chi connectivity index (χ3v) is 6.76. The second-order valence-corrected chi connectivity index (χ2v) is 8.91. The summed E-state index contributed by atoms with van der Waals surface area (Å²) >= 11 is 4.07. The number of anilines is 1. The summed E-state index contributed by atoms with van der Waals surface area (Å²) in [5.41, 5.74) is 2.59. The number of carbonyl (C=O) groups is 1. The first-order valence-electron chi connectivity index (χ1n) is 8.62. The number of thioether (sulfide) groups is 1. The molecule has 142 valence electrons. The molecule has 4 aromatic rings. The normalized spacial score (nSPS) is 15.6. The summed E-state index contributed by atoms with van der Waals surface area (Å²) in [6, 6.07) is 13.8. The molecule has 1 aliphatic heterocycles. The Hall–Kier alpha value is -3.01. The molecular weight excluding hydrogens is 422 g/mol. The van der Waals surface area contributed by atoms with Crippen LogP contribution in [0.15, 0.2) is 70.5 Å². The molecule has 1 aliphatic rings. The lowest BCUT2D eigenvalue weighted by atomic mass is 10.2. The molecule has 1 amide bonds. The standard InChI is InChI=1S/C20H13N5OS3/c21-19-25(20-22-8-10-28-20)18(26)16(29-19)11-13-12-24(14-5-2-1-3-6-14)23-17(13)15-7-4-9-27-15/h1-12,21H/b16-11+,21-19?. The van der Waals surface area contributed by atoms with Gasteiger partial charge in [-0.15, -0.1) is 22.7 Å². The summed E-state index contributed by atoms with van der Waals surface area (Å²) in [5, 5.41) is 17.4. The lowest BCUT2D eigenvalue weighted by Gasteiger charge is -2.08. The molecule has 6 nitrogen and oxygen atoms in total. The number of thiazole rings is 1. The summed E-state index contributed by atoms with van der Waals surface area (Å²) in [4.78, 5) is 19.9. The Labute approximate surface area is 178 Å². The third-order valence-electron chi connectivity index (χ3n) is 4.24. The highest BCUT2D eigenvalue weighted by atomic mass is 32.2. The van der Waals surface area contributed by atoms with Crippen LogP contribution in [0.4, 0.5) is 5.13 Å². The first-order valence-corrected chi connectivity index (χ1v) is 11.2. The Morgan fingerprint density at radius 2 is 1.90 bits per heavy atom. The van der Waals surface area contributed by atoms with Crippen molar-refractivity contribution < 1.29 is 4.79 Å². The van der Waals surface area contributed by atoms with Crippen LogP contribution in [0.25, 0.3) is 22.3 Å². The monoisotopic (exact) mass is 435 g/mol. The Morgan fingerprint density at radius 1 is 1.03 bits per heavy atom. The van der Waals surface area contributed by atoms with Crippen LogP contribution in [0.2, 0.25) is 0 Å². The minimum atomic E-state index is -0.237. The molecular formula is C20H13N5OS3. The van der Waals surface area contributed by atoms with Gasteiger partial charge in [0, 0.05) is 23.3 Å². The van der Waals surface area contributed by atoms with Gasteiger partial charge in [0.2, 0.25) is 0 Å². The number of para-hydroxylation sites is 1. The Kier molecular flexibility index (Phi) is 4.62. The highest BCUT2D eigenvalue weighted by molar-refractivity contribution is 8.19. The van der Waals surface area contributed by atoms with Gasteiger partial charge < -0.3 is 0 Å². The summed E-state index contributed by atoms with van der Waals surface area (Å²) in [6.45, 7) is 0. The van der Waals surface area contributed by atoms with E-state index < -0.39 is 0 Å². The summed E-state index contributed by atoms with van der Waals surface area (Å²) < 4.78 is 1.81. The maximum Gasteiger partial charge on any atom is 0.273 e. The van der Waals surface area contributed by atoms with Gasteiger partial charge in [0.15, 0.2) is 10.3 Å². The van der Waals surface area contributed by atoms with Crippen molar-refractivity contribution in [2.45, 2.75) is 0 Å². The quantitative estimate of drug-likeness (QED) is 0.452. The molecule has 0 spiro atoms. The minimum Gasteiger partial charge on any atom is -0.278 e. The number of aromatic nitrogens is 3. The molecule has 4 heterocycles. The van der Waals surface area contributed by atoms with Crippen LogP contribution >= 0.6 is 34.4 Å². The fourth-order valence-electron chi connectivity index (χ4n) is 2.94. The molecule has 0 atom stereocenters. The smallest absolute Gasteiger partial charge is 0.273 e. The maximum atomic E-state index is 12.9. The summed E-state index contributed by atoms with van der Waals surface area (Å²) in [7, 11) is 0. The van der Waals surface area contributed by atoms with Crippen LogP contribution in [0.5, 0.6) is 0 Å². The molecule has 0 bridgehead atoms. The molecule has 3 aromatic heterocycles. The van der Waals surface area contributed by atoms with E-state index in [2.05, 4.69) is 4.98 Å². The predicted octanol–water partition coefficient (Wildman–Crippen LogP) is 5.11. The van der Waals surface area contributed by atoms with Gasteiger partial charge in [0.25, 0.3) is 5.91 Å². The lowest BCUT2D eigenvalue weighted by Crippen LogP contribution is -2.27. The van der Waals surface area contributed by atoms with Crippen LogP contribution in [-0.4, -0.2) is 25.8 Å². The van der Waals surface area contributed by atoms with Crippen molar-refractivity contribution in [2.75, 3.05) is 4.90 Å². The summed E-state index contributed by atoms with van der Waals surface area (Å²) in [6.07, 6.45) is 5.36. The van der Waals surface area contributed by atoms with E-state index >= 15 is 0 Å². The predicted molar refractivity (Wildman–Crippen MR) is 120 cm³/mol. The van der Waals surface area contributed by atoms with E-state index in [1.165, 1.54) is 16.2 Å². The summed E-state index contributed by atoms with van der Waals surface area (Å²) in [5.74, 6) is -0.237. The maximum absolute atomic E-state index is 12.9. The molecule has 1 fully saturated rings. The second-order valence-electron chi connectivity index (χ2n) is 6.06. The molecule has 1 N–H and O–H groups in total. The lowest BCUT2D eigenvalue weighted by molar-refractivity contribution is -0.113. The van der Waals surface area contributed by atoms with E-state index in [1.807, 2.05) is 64.8 Å². The van der Waals surface area contributed by atoms with E-state index in [1.54, 1.807) is 22.9 Å². The fraction of sp³-hybridized carbons (Fsp3) is 0. The van der Waals surface area contributed by atoms with Gasteiger partial charge in [-0.25, -0.2) is 14.6 Å². The topological polar surface area (TPSA) is 74.9 Å². The molecule has 9 heteroatoms. The number of carbonyl (C=O) groups excluding carboxylic acids is 1. The van der Waals surface area contributed by atoms with Crippen LogP contribution in [0.1, 0.15) is 5.56 Å². The average Bonchev–Trinajstić information content (AvgIpc) is 3.51. The number of nitrogens with one attached hydrogen (secondary N) is 1. The third kappa shape index (κ3) is 3.33. The van der Waals surface area contributed by atoms with Crippen molar-refractivity contribution in [1.29, 1.82) is 5.41 Å². The molecule has 1 saturated heterocycles. The zero-order valence-corrected chi connectivity index (χ0v) is 17.3. The number of hydrogen-bond acceptors (Lipinski definition) is 7. The number of nitrogens with zero attached hydrogens (tertiary/aromatic N) is 4. The number of thiophene rings is 1. The van der Waals surface area contributed by atoms with Crippen LogP contribution in [0, 0.1) is 5.41 Å². The van der Waals surface area contributed by atoms with E-state index in [0.717, 1.165) is 33.6 Å². The molecule has 1 aromatic carbocycles. The van der Waals surface area contributed by atoms with Gasteiger partial charge in [-0.1, -0.05) is 24.3 Å². The average molecular weight is 436 g/mol. The number of rotatable bonds is 4. The van der Waals surface area contributed by atoms with Gasteiger partial charge in [-0.2, -0.15) is 5.10 Å². The van der Waals surface area contributed by atoms with E-state index in [-0.39, 0.29) is 11.1 Å². The van der Waals surface area contributed by atoms with Gasteiger partial charge in [0.1, 0.15) is 5.69 Å². The number of benzene rings is 1. The van der Waals surface area contributed by atoms with Crippen LogP contribution in [-0.2, 0) is 4.79 Å². The molecule has 29 heavy (non-hydrogen) atoms. The second kappa shape index (κ2) is 7.43. The van der Waals surface area contributed by atoms with Crippen molar-refractivity contribution in [3.63, 3.8) is 0 Å². The molecule has 0 unspecified atom stereocenters. The Balaban J connectivity index is 1.58. The van der Waals surface area contributed by atoms with Crippen molar-refractivity contribution >= 4 is 56.7 Å². The van der Waals surface area contributed by atoms with Gasteiger partial charge >= 0.3 is 0 Å². The van der Waals surface area contributed by atoms with E-state index in [9.17, 15) is 4.79 Å². The molecule has 0 radical (unpaired) electrons. The zero-order valence-electron chi connectivity index (χ0n) is 14.9. The Morgan fingerprint density at radius 3 is 2.62 bits per heavy atom. The molecule has 0 aliphatic carbocycles. The number of amidine groups is 1. The van der Waals surface area contributed by atoms with Crippen molar-refractivity contribution in [3.05, 3.63) is 76.1 Å². The van der Waals surface area contributed by atoms with Crippen molar-refractivity contribution in [3.8, 4) is 16.3 Å². The minimum absolute atomic E-state index is 0.157. The fourth-order valence-corrected chi connectivity index (χ4v) is 5.21. The zero-order chi connectivity index (χ0) is 19.8. The van der Waals surface area contributed by atoms with E-state index in [0.29, 0.717) is 10.0 Å². The largest absolute Gasteiger partial charge is 0.278 e. The highest BCUT2D eigenvalue weighted by Gasteiger charge is 2.35. The highest BCUT2D eigenvalue weighted by Crippen LogP contribution is 2.37.